The van der Waals surface area contributed by atoms with Gasteiger partial charge in [-0.15, -0.1) is 0 Å². The van der Waals surface area contributed by atoms with Crippen LogP contribution in [0.5, 0.6) is 0 Å². The van der Waals surface area contributed by atoms with Crippen molar-refractivity contribution < 1.29 is 4.79 Å². The Morgan fingerprint density at radius 2 is 1.95 bits per heavy atom. The van der Waals surface area contributed by atoms with E-state index in [9.17, 15) is 4.79 Å². The first-order chi connectivity index (χ1) is 10.0. The molecule has 2 aromatic rings. The van der Waals surface area contributed by atoms with Gasteiger partial charge in [0.15, 0.2) is 0 Å². The van der Waals surface area contributed by atoms with Crippen molar-refractivity contribution in [2.45, 2.75) is 20.8 Å². The fraction of sp³-hybridized carbons (Fsp3) is 0.235. The summed E-state index contributed by atoms with van der Waals surface area (Å²) in [5.41, 5.74) is 3.90. The van der Waals surface area contributed by atoms with Crippen molar-refractivity contribution in [3.63, 3.8) is 0 Å². The summed E-state index contributed by atoms with van der Waals surface area (Å²) in [7, 11) is 0. The maximum atomic E-state index is 12.5. The van der Waals surface area contributed by atoms with Gasteiger partial charge in [-0.2, -0.15) is 0 Å². The van der Waals surface area contributed by atoms with Crippen molar-refractivity contribution in [1.29, 1.82) is 0 Å². The van der Waals surface area contributed by atoms with Crippen LogP contribution in [0, 0.1) is 13.8 Å². The van der Waals surface area contributed by atoms with Crippen molar-refractivity contribution in [3.8, 4) is 0 Å². The van der Waals surface area contributed by atoms with Crippen molar-refractivity contribution in [2.75, 3.05) is 16.8 Å². The summed E-state index contributed by atoms with van der Waals surface area (Å²) in [6, 6.07) is 13.6. The van der Waals surface area contributed by atoms with E-state index in [-0.39, 0.29) is 6.03 Å². The van der Waals surface area contributed by atoms with Crippen molar-refractivity contribution in [3.05, 3.63) is 58.1 Å². The molecule has 0 aliphatic carbocycles. The Morgan fingerprint density at radius 1 is 1.19 bits per heavy atom. The number of aryl methyl sites for hydroxylation is 2. The van der Waals surface area contributed by atoms with Crippen LogP contribution < -0.4 is 10.2 Å². The number of benzene rings is 2. The van der Waals surface area contributed by atoms with Gasteiger partial charge in [0.05, 0.1) is 0 Å². The van der Waals surface area contributed by atoms with Crippen LogP contribution in [0.4, 0.5) is 16.2 Å². The Kier molecular flexibility index (Phi) is 5.02. The van der Waals surface area contributed by atoms with E-state index >= 15 is 0 Å². The smallest absolute Gasteiger partial charge is 0.307 e. The van der Waals surface area contributed by atoms with Crippen molar-refractivity contribution in [1.82, 2.24) is 0 Å². The molecule has 0 heterocycles. The van der Waals surface area contributed by atoms with Gasteiger partial charge in [-0.25, -0.2) is 4.79 Å². The summed E-state index contributed by atoms with van der Waals surface area (Å²) < 4.78 is 1.00. The number of anilines is 2. The van der Waals surface area contributed by atoms with Gasteiger partial charge in [0.2, 0.25) is 0 Å². The Hall–Kier alpha value is -1.81. The van der Waals surface area contributed by atoms with E-state index < -0.39 is 0 Å². The molecule has 0 fully saturated rings. The molecular formula is C17H19BrN2O. The average molecular weight is 347 g/mol. The molecule has 0 spiro atoms. The lowest BCUT2D eigenvalue weighted by Crippen LogP contribution is -2.35. The highest BCUT2D eigenvalue weighted by Crippen LogP contribution is 2.22. The van der Waals surface area contributed by atoms with Gasteiger partial charge in [-0.1, -0.05) is 28.1 Å². The van der Waals surface area contributed by atoms with Gasteiger partial charge in [0, 0.05) is 22.4 Å². The molecule has 3 nitrogen and oxygen atoms in total. The SMILES string of the molecule is CCN(C(=O)Nc1ccc(Br)cc1C)c1cccc(C)c1. The van der Waals surface area contributed by atoms with Gasteiger partial charge >= 0.3 is 6.03 Å². The fourth-order valence-corrected chi connectivity index (χ4v) is 2.66. The van der Waals surface area contributed by atoms with Crippen LogP contribution in [0.1, 0.15) is 18.1 Å². The number of hydrogen-bond acceptors (Lipinski definition) is 1. The van der Waals surface area contributed by atoms with Gasteiger partial charge < -0.3 is 5.32 Å². The molecule has 0 unspecified atom stereocenters. The molecular weight excluding hydrogens is 328 g/mol. The minimum atomic E-state index is -0.117. The van der Waals surface area contributed by atoms with Gasteiger partial charge in [0.1, 0.15) is 0 Å². The van der Waals surface area contributed by atoms with E-state index in [4.69, 9.17) is 0 Å². The van der Waals surface area contributed by atoms with E-state index in [2.05, 4.69) is 21.2 Å². The number of nitrogens with zero attached hydrogens (tertiary/aromatic N) is 1. The largest absolute Gasteiger partial charge is 0.326 e. The number of carbonyl (C=O) groups is 1. The first-order valence-corrected chi connectivity index (χ1v) is 7.72. The zero-order valence-corrected chi connectivity index (χ0v) is 14.1. The number of rotatable bonds is 3. The maximum absolute atomic E-state index is 12.5. The van der Waals surface area contributed by atoms with Gasteiger partial charge in [0.25, 0.3) is 0 Å². The second-order valence-corrected chi connectivity index (χ2v) is 5.89. The number of hydrogen-bond donors (Lipinski definition) is 1. The first-order valence-electron chi connectivity index (χ1n) is 6.92. The Labute approximate surface area is 134 Å². The van der Waals surface area contributed by atoms with Crippen molar-refractivity contribution in [2.24, 2.45) is 0 Å². The second kappa shape index (κ2) is 6.76. The van der Waals surface area contributed by atoms with Crippen LogP contribution in [0.3, 0.4) is 0 Å². The van der Waals surface area contributed by atoms with Crippen LogP contribution >= 0.6 is 15.9 Å². The number of amides is 2. The predicted molar refractivity (Wildman–Crippen MR) is 92.1 cm³/mol. The quantitative estimate of drug-likeness (QED) is 0.821. The van der Waals surface area contributed by atoms with Gasteiger partial charge in [-0.05, 0) is 62.2 Å². The summed E-state index contributed by atoms with van der Waals surface area (Å²) >= 11 is 3.43. The van der Waals surface area contributed by atoms with Crippen LogP contribution in [-0.2, 0) is 0 Å². The van der Waals surface area contributed by atoms with Crippen LogP contribution in [0.15, 0.2) is 46.9 Å². The van der Waals surface area contributed by atoms with Crippen LogP contribution in [0.25, 0.3) is 0 Å². The lowest BCUT2D eigenvalue weighted by Gasteiger charge is -2.22. The molecule has 2 amide bonds. The zero-order valence-electron chi connectivity index (χ0n) is 12.5. The van der Waals surface area contributed by atoms with E-state index in [1.165, 1.54) is 0 Å². The number of urea groups is 1. The second-order valence-electron chi connectivity index (χ2n) is 4.97. The molecule has 0 bridgehead atoms. The number of carbonyl (C=O) groups excluding carboxylic acids is 1. The molecule has 0 aromatic heterocycles. The molecule has 0 atom stereocenters. The average Bonchev–Trinajstić information content (AvgIpc) is 2.43. The molecule has 110 valence electrons. The molecule has 1 N–H and O–H groups in total. The minimum Gasteiger partial charge on any atom is -0.307 e. The molecule has 4 heteroatoms. The third-order valence-electron chi connectivity index (χ3n) is 3.30. The fourth-order valence-electron chi connectivity index (χ4n) is 2.19. The van der Waals surface area contributed by atoms with E-state index in [0.29, 0.717) is 6.54 Å². The molecule has 0 radical (unpaired) electrons. The van der Waals surface area contributed by atoms with Gasteiger partial charge in [-0.3, -0.25) is 4.90 Å². The maximum Gasteiger partial charge on any atom is 0.326 e. The predicted octanol–water partition coefficient (Wildman–Crippen LogP) is 5.12. The van der Waals surface area contributed by atoms with E-state index in [0.717, 1.165) is 27.0 Å². The topological polar surface area (TPSA) is 32.3 Å². The Balaban J connectivity index is 2.21. The molecule has 0 aliphatic heterocycles. The number of nitrogens with one attached hydrogen (secondary N) is 1. The molecule has 0 saturated carbocycles. The first kappa shape index (κ1) is 15.6. The van der Waals surface area contributed by atoms with Crippen molar-refractivity contribution >= 4 is 33.3 Å². The summed E-state index contributed by atoms with van der Waals surface area (Å²) in [6.07, 6.45) is 0. The van der Waals surface area contributed by atoms with Crippen LogP contribution in [-0.4, -0.2) is 12.6 Å². The summed E-state index contributed by atoms with van der Waals surface area (Å²) in [6.45, 7) is 6.58. The Morgan fingerprint density at radius 3 is 2.57 bits per heavy atom. The Bertz CT molecular complexity index is 655. The molecule has 0 aliphatic rings. The highest BCUT2D eigenvalue weighted by molar-refractivity contribution is 9.10. The molecule has 0 saturated heterocycles. The molecule has 21 heavy (non-hydrogen) atoms. The zero-order chi connectivity index (χ0) is 15.4. The lowest BCUT2D eigenvalue weighted by molar-refractivity contribution is 0.257. The molecule has 2 rings (SSSR count). The highest BCUT2D eigenvalue weighted by atomic mass is 79.9. The van der Waals surface area contributed by atoms with Crippen LogP contribution in [0.2, 0.25) is 0 Å². The standard InChI is InChI=1S/C17H19BrN2O/c1-4-20(15-7-5-6-12(2)10-15)17(21)19-16-9-8-14(18)11-13(16)3/h5-11H,4H2,1-3H3,(H,19,21). The summed E-state index contributed by atoms with van der Waals surface area (Å²) in [4.78, 5) is 14.2. The van der Waals surface area contributed by atoms with E-state index in [1.807, 2.05) is 63.2 Å². The monoisotopic (exact) mass is 346 g/mol. The molecule has 2 aromatic carbocycles. The number of halogens is 1. The lowest BCUT2D eigenvalue weighted by atomic mass is 10.2. The third-order valence-corrected chi connectivity index (χ3v) is 3.80. The summed E-state index contributed by atoms with van der Waals surface area (Å²) in [5.74, 6) is 0. The minimum absolute atomic E-state index is 0.117. The summed E-state index contributed by atoms with van der Waals surface area (Å²) in [5, 5.41) is 2.97. The highest BCUT2D eigenvalue weighted by Gasteiger charge is 2.14. The normalized spacial score (nSPS) is 10.3. The third kappa shape index (κ3) is 3.85. The van der Waals surface area contributed by atoms with E-state index in [1.54, 1.807) is 4.90 Å².